The van der Waals surface area contributed by atoms with Gasteiger partial charge in [-0.2, -0.15) is 0 Å². The molecule has 0 spiro atoms. The van der Waals surface area contributed by atoms with Gasteiger partial charge in [-0.05, 0) is 39.3 Å². The maximum atomic E-state index is 12.7. The number of carbonyl (C=O) groups excluding carboxylic acids is 2. The predicted molar refractivity (Wildman–Crippen MR) is 101 cm³/mol. The van der Waals surface area contributed by atoms with Gasteiger partial charge in [-0.1, -0.05) is 6.92 Å². The average molecular weight is 398 g/mol. The van der Waals surface area contributed by atoms with Crippen LogP contribution in [0, 0.1) is 0 Å². The largest absolute Gasteiger partial charge is 0.480 e. The van der Waals surface area contributed by atoms with Crippen molar-refractivity contribution in [1.82, 2.24) is 10.2 Å². The van der Waals surface area contributed by atoms with Gasteiger partial charge in [0.2, 0.25) is 5.91 Å². The third-order valence-corrected chi connectivity index (χ3v) is 8.08. The third-order valence-electron chi connectivity index (χ3n) is 5.01. The molecular weight excluding hydrogens is 374 g/mol. The number of aryl methyl sites for hydroxylation is 1. The zero-order chi connectivity index (χ0) is 19.4. The second kappa shape index (κ2) is 6.24. The Kier molecular flexibility index (Phi) is 4.61. The molecule has 2 aliphatic rings. The van der Waals surface area contributed by atoms with Crippen molar-refractivity contribution in [3.63, 3.8) is 0 Å². The Morgan fingerprint density at radius 1 is 1.38 bits per heavy atom. The molecule has 0 bridgehead atoms. The molecule has 9 heteroatoms. The van der Waals surface area contributed by atoms with Gasteiger partial charge >= 0.3 is 5.97 Å². The first kappa shape index (κ1) is 19.2. The van der Waals surface area contributed by atoms with Crippen molar-refractivity contribution in [3.8, 4) is 0 Å². The molecule has 0 saturated carbocycles. The minimum Gasteiger partial charge on any atom is -0.480 e. The van der Waals surface area contributed by atoms with Crippen LogP contribution in [0.3, 0.4) is 0 Å². The number of nitrogens with one attached hydrogen (secondary N) is 1. The van der Waals surface area contributed by atoms with E-state index >= 15 is 0 Å². The van der Waals surface area contributed by atoms with Gasteiger partial charge in [0, 0.05) is 14.5 Å². The van der Waals surface area contributed by atoms with E-state index in [2.05, 4.69) is 5.32 Å². The maximum Gasteiger partial charge on any atom is 0.327 e. The second-order valence-electron chi connectivity index (χ2n) is 7.35. The molecule has 4 atom stereocenters. The summed E-state index contributed by atoms with van der Waals surface area (Å²) in [5, 5.41) is 11.8. The topological polar surface area (TPSA) is 113 Å². The summed E-state index contributed by atoms with van der Waals surface area (Å²) in [4.78, 5) is 40.2. The Morgan fingerprint density at radius 3 is 2.58 bits per heavy atom. The minimum atomic E-state index is -1.15. The number of carboxylic acids is 1. The fraction of sp³-hybridized carbons (Fsp3) is 0.588. The molecule has 26 heavy (non-hydrogen) atoms. The molecule has 1 aromatic rings. The molecule has 0 aromatic carbocycles. The molecule has 0 aliphatic carbocycles. The highest BCUT2D eigenvalue weighted by Gasteiger charge is 2.70. The number of nitrogens with zero attached hydrogens (tertiary/aromatic N) is 1. The Hall–Kier alpha value is -1.58. The third kappa shape index (κ3) is 2.73. The van der Waals surface area contributed by atoms with E-state index in [1.54, 1.807) is 20.8 Å². The molecule has 7 nitrogen and oxygen atoms in total. The Balaban J connectivity index is 1.77. The molecule has 142 valence electrons. The van der Waals surface area contributed by atoms with Crippen LogP contribution in [0.15, 0.2) is 12.1 Å². The number of aliphatic carboxylic acids is 1. The lowest BCUT2D eigenvalue weighted by molar-refractivity contribution is -0.168. The quantitative estimate of drug-likeness (QED) is 0.646. The summed E-state index contributed by atoms with van der Waals surface area (Å²) < 4.78 is -0.638. The van der Waals surface area contributed by atoms with E-state index in [4.69, 9.17) is 5.73 Å². The van der Waals surface area contributed by atoms with Crippen LogP contribution in [-0.2, 0) is 20.8 Å². The fourth-order valence-electron chi connectivity index (χ4n) is 3.55. The van der Waals surface area contributed by atoms with Crippen molar-refractivity contribution in [1.29, 1.82) is 0 Å². The van der Waals surface area contributed by atoms with E-state index in [9.17, 15) is 19.5 Å². The maximum absolute atomic E-state index is 12.7. The van der Waals surface area contributed by atoms with E-state index in [1.165, 1.54) is 28.0 Å². The van der Waals surface area contributed by atoms with Crippen molar-refractivity contribution in [2.24, 2.45) is 5.73 Å². The molecular formula is C17H23N3O4S2. The lowest BCUT2D eigenvalue weighted by Gasteiger charge is -2.51. The first-order chi connectivity index (χ1) is 12.0. The summed E-state index contributed by atoms with van der Waals surface area (Å²) in [6.45, 7) is 7.27. The molecule has 2 aliphatic heterocycles. The molecule has 1 unspecified atom stereocenters. The number of rotatable bonds is 5. The summed E-state index contributed by atoms with van der Waals surface area (Å²) in [5.74, 6) is -1.84. The van der Waals surface area contributed by atoms with Crippen LogP contribution in [0.2, 0.25) is 0 Å². The number of thioether (sulfide) groups is 1. The van der Waals surface area contributed by atoms with Gasteiger partial charge in [0.05, 0.1) is 0 Å². The highest BCUT2D eigenvalue weighted by atomic mass is 32.2. The molecule has 3 heterocycles. The van der Waals surface area contributed by atoms with Gasteiger partial charge in [-0.3, -0.25) is 9.59 Å². The Labute approximate surface area is 160 Å². The SMILES string of the molecule is CCc1ccc(C(N)C(=O)N[C@@]2(C)C(=O)N3[C@@H](C(=O)O)C(C)(C)S[C@@H]32)s1. The summed E-state index contributed by atoms with van der Waals surface area (Å²) in [6.07, 6.45) is 0.870. The number of carbonyl (C=O) groups is 3. The summed E-state index contributed by atoms with van der Waals surface area (Å²) in [7, 11) is 0. The second-order valence-corrected chi connectivity index (χ2v) is 10.3. The molecule has 0 radical (unpaired) electrons. The van der Waals surface area contributed by atoms with Crippen LogP contribution in [0.4, 0.5) is 0 Å². The standard InChI is InChI=1S/C17H23N3O4S2/c1-5-8-6-7-9(25-8)10(18)12(21)19-17(4)14(24)20-11(13(22)23)16(2,3)26-15(17)20/h6-7,10-11,15H,5,18H2,1-4H3,(H,19,21)(H,22,23)/t10?,11-,15+,17-/m0/s1. The van der Waals surface area contributed by atoms with Crippen LogP contribution >= 0.6 is 23.1 Å². The molecule has 2 saturated heterocycles. The zero-order valence-corrected chi connectivity index (χ0v) is 16.7. The lowest BCUT2D eigenvalue weighted by atomic mass is 9.86. The fourth-order valence-corrected chi connectivity index (χ4v) is 6.15. The van der Waals surface area contributed by atoms with Crippen molar-refractivity contribution >= 4 is 40.9 Å². The molecule has 1 aromatic heterocycles. The van der Waals surface area contributed by atoms with Gasteiger partial charge in [0.25, 0.3) is 5.91 Å². The van der Waals surface area contributed by atoms with Crippen molar-refractivity contribution in [2.45, 2.75) is 61.9 Å². The van der Waals surface area contributed by atoms with Gasteiger partial charge in [-0.25, -0.2) is 4.79 Å². The Morgan fingerprint density at radius 2 is 2.04 bits per heavy atom. The number of fused-ring (bicyclic) bond motifs is 1. The molecule has 2 amide bonds. The summed E-state index contributed by atoms with van der Waals surface area (Å²) in [6, 6.07) is 2.01. The smallest absolute Gasteiger partial charge is 0.327 e. The number of hydrogen-bond donors (Lipinski definition) is 3. The minimum absolute atomic E-state index is 0.381. The van der Waals surface area contributed by atoms with Crippen LogP contribution in [0.1, 0.15) is 43.5 Å². The number of thiophene rings is 1. The van der Waals surface area contributed by atoms with Crippen LogP contribution in [-0.4, -0.2) is 49.5 Å². The van der Waals surface area contributed by atoms with Crippen molar-refractivity contribution in [3.05, 3.63) is 21.9 Å². The number of carboxylic acid groups (broad SMARTS) is 1. The first-order valence-electron chi connectivity index (χ1n) is 8.42. The van der Waals surface area contributed by atoms with Crippen LogP contribution in [0.25, 0.3) is 0 Å². The number of amides is 2. The van der Waals surface area contributed by atoms with Gasteiger partial charge < -0.3 is 21.1 Å². The van der Waals surface area contributed by atoms with Crippen molar-refractivity contribution < 1.29 is 19.5 Å². The molecule has 4 N–H and O–H groups in total. The van der Waals surface area contributed by atoms with E-state index in [-0.39, 0.29) is 5.91 Å². The van der Waals surface area contributed by atoms with E-state index in [0.29, 0.717) is 0 Å². The lowest BCUT2D eigenvalue weighted by Crippen LogP contribution is -2.78. The van der Waals surface area contributed by atoms with Gasteiger partial charge in [0.15, 0.2) is 0 Å². The monoisotopic (exact) mass is 397 g/mol. The predicted octanol–water partition coefficient (Wildman–Crippen LogP) is 1.33. The normalized spacial score (nSPS) is 30.5. The molecule has 3 rings (SSSR count). The molecule has 2 fully saturated rings. The zero-order valence-electron chi connectivity index (χ0n) is 15.1. The van der Waals surface area contributed by atoms with E-state index in [1.807, 2.05) is 19.1 Å². The van der Waals surface area contributed by atoms with E-state index < -0.39 is 39.6 Å². The van der Waals surface area contributed by atoms with Crippen LogP contribution < -0.4 is 11.1 Å². The van der Waals surface area contributed by atoms with Crippen molar-refractivity contribution in [2.75, 3.05) is 0 Å². The highest BCUT2D eigenvalue weighted by molar-refractivity contribution is 8.01. The number of β-lactam (4-membered cyclic amide) rings is 1. The van der Waals surface area contributed by atoms with Gasteiger partial charge in [0.1, 0.15) is 23.0 Å². The summed E-state index contributed by atoms with van der Waals surface area (Å²) >= 11 is 2.87. The Bertz CT molecular complexity index is 778. The highest BCUT2D eigenvalue weighted by Crippen LogP contribution is 2.54. The number of hydrogen-bond acceptors (Lipinski definition) is 6. The number of nitrogens with two attached hydrogens (primary N) is 1. The van der Waals surface area contributed by atoms with Gasteiger partial charge in [-0.15, -0.1) is 23.1 Å². The van der Waals surface area contributed by atoms with E-state index in [0.717, 1.165) is 16.2 Å². The van der Waals surface area contributed by atoms with Crippen LogP contribution in [0.5, 0.6) is 0 Å². The average Bonchev–Trinajstić information content (AvgIpc) is 3.14. The first-order valence-corrected chi connectivity index (χ1v) is 10.1. The summed E-state index contributed by atoms with van der Waals surface area (Å²) in [5.41, 5.74) is 4.93.